The minimum atomic E-state index is -0.301. The third-order valence-corrected chi connectivity index (χ3v) is 3.37. The molecule has 1 saturated heterocycles. The number of ether oxygens (including phenoxy) is 2. The predicted octanol–water partition coefficient (Wildman–Crippen LogP) is 2.44. The number of hydrogen-bond acceptors (Lipinski definition) is 4. The molecule has 1 rings (SSSR count). The fourth-order valence-electron chi connectivity index (χ4n) is 2.33. The molecule has 5 nitrogen and oxygen atoms in total. The van der Waals surface area contributed by atoms with Crippen molar-refractivity contribution in [3.63, 3.8) is 0 Å². The van der Waals surface area contributed by atoms with Crippen LogP contribution in [0.3, 0.4) is 0 Å². The van der Waals surface area contributed by atoms with Crippen molar-refractivity contribution in [2.75, 3.05) is 20.3 Å². The molecule has 0 spiro atoms. The van der Waals surface area contributed by atoms with Gasteiger partial charge in [0, 0.05) is 12.6 Å². The minimum Gasteiger partial charge on any atom is -0.465 e. The Morgan fingerprint density at radius 2 is 2.00 bits per heavy atom. The molecule has 2 unspecified atom stereocenters. The third-order valence-electron chi connectivity index (χ3n) is 3.37. The van der Waals surface area contributed by atoms with Crippen LogP contribution in [-0.2, 0) is 14.3 Å². The number of carbonyl (C=O) groups is 2. The first-order chi connectivity index (χ1) is 8.95. The van der Waals surface area contributed by atoms with Crippen molar-refractivity contribution >= 4 is 12.1 Å². The van der Waals surface area contributed by atoms with E-state index in [2.05, 4.69) is 0 Å². The van der Waals surface area contributed by atoms with E-state index in [1.165, 1.54) is 7.11 Å². The highest BCUT2D eigenvalue weighted by Gasteiger charge is 2.32. The van der Waals surface area contributed by atoms with E-state index in [0.717, 1.165) is 12.8 Å². The number of hydrogen-bond donors (Lipinski definition) is 0. The van der Waals surface area contributed by atoms with Crippen molar-refractivity contribution in [3.8, 4) is 0 Å². The molecule has 1 aliphatic rings. The van der Waals surface area contributed by atoms with E-state index in [0.29, 0.717) is 25.5 Å². The van der Waals surface area contributed by atoms with Gasteiger partial charge in [0.1, 0.15) is 0 Å². The van der Waals surface area contributed by atoms with Gasteiger partial charge in [0.05, 0.1) is 19.6 Å². The van der Waals surface area contributed by atoms with E-state index >= 15 is 0 Å². The van der Waals surface area contributed by atoms with Crippen molar-refractivity contribution in [3.05, 3.63) is 0 Å². The molecule has 0 aliphatic carbocycles. The molecule has 1 fully saturated rings. The summed E-state index contributed by atoms with van der Waals surface area (Å²) in [6.45, 7) is 7.04. The Balaban J connectivity index is 2.44. The van der Waals surface area contributed by atoms with E-state index in [1.54, 1.807) is 4.90 Å². The largest absolute Gasteiger partial charge is 0.465 e. The highest BCUT2D eigenvalue weighted by Crippen LogP contribution is 2.24. The van der Waals surface area contributed by atoms with Gasteiger partial charge in [-0.25, -0.2) is 4.79 Å². The smallest absolute Gasteiger partial charge is 0.409 e. The van der Waals surface area contributed by atoms with Gasteiger partial charge in [-0.3, -0.25) is 4.79 Å². The van der Waals surface area contributed by atoms with Crippen LogP contribution in [0.25, 0.3) is 0 Å². The van der Waals surface area contributed by atoms with Crippen LogP contribution in [0.2, 0.25) is 0 Å². The maximum atomic E-state index is 11.8. The summed E-state index contributed by atoms with van der Waals surface area (Å²) in [4.78, 5) is 25.1. The Morgan fingerprint density at radius 1 is 1.32 bits per heavy atom. The van der Waals surface area contributed by atoms with Gasteiger partial charge in [-0.15, -0.1) is 0 Å². The molecule has 2 atom stereocenters. The Labute approximate surface area is 115 Å². The van der Waals surface area contributed by atoms with Gasteiger partial charge in [0.2, 0.25) is 0 Å². The summed E-state index contributed by atoms with van der Waals surface area (Å²) >= 11 is 0. The lowest BCUT2D eigenvalue weighted by atomic mass is 10.0. The zero-order valence-corrected chi connectivity index (χ0v) is 12.3. The lowest BCUT2D eigenvalue weighted by Crippen LogP contribution is -2.37. The number of amides is 1. The molecule has 1 amide bonds. The molecular weight excluding hydrogens is 246 g/mol. The number of rotatable bonds is 5. The van der Waals surface area contributed by atoms with Crippen LogP contribution < -0.4 is 0 Å². The van der Waals surface area contributed by atoms with E-state index in [4.69, 9.17) is 9.47 Å². The molecule has 0 N–H and O–H groups in total. The van der Waals surface area contributed by atoms with E-state index in [1.807, 2.05) is 20.8 Å². The molecule has 110 valence electrons. The second-order valence-electron chi connectivity index (χ2n) is 5.62. The van der Waals surface area contributed by atoms with Gasteiger partial charge in [0.25, 0.3) is 0 Å². The highest BCUT2D eigenvalue weighted by atomic mass is 16.5. The lowest BCUT2D eigenvalue weighted by molar-refractivity contribution is -0.149. The second kappa shape index (κ2) is 7.36. The second-order valence-corrected chi connectivity index (χ2v) is 5.62. The van der Waals surface area contributed by atoms with Crippen LogP contribution in [-0.4, -0.2) is 43.3 Å². The summed E-state index contributed by atoms with van der Waals surface area (Å²) in [7, 11) is 1.39. The average molecular weight is 271 g/mol. The van der Waals surface area contributed by atoms with E-state index in [9.17, 15) is 9.59 Å². The van der Waals surface area contributed by atoms with Crippen LogP contribution in [0.4, 0.5) is 4.79 Å². The topological polar surface area (TPSA) is 55.8 Å². The molecule has 0 bridgehead atoms. The molecule has 0 aromatic heterocycles. The number of nitrogens with zero attached hydrogens (tertiary/aromatic N) is 1. The summed E-state index contributed by atoms with van der Waals surface area (Å²) in [6.07, 6.45) is 2.24. The monoisotopic (exact) mass is 271 g/mol. The van der Waals surface area contributed by atoms with E-state index in [-0.39, 0.29) is 24.0 Å². The molecule has 0 aromatic carbocycles. The summed E-state index contributed by atoms with van der Waals surface area (Å²) in [5.74, 6) is -0.0198. The van der Waals surface area contributed by atoms with Gasteiger partial charge >= 0.3 is 12.1 Å². The number of methoxy groups -OCH3 is 1. The fraction of sp³-hybridized carbons (Fsp3) is 0.857. The first-order valence-electron chi connectivity index (χ1n) is 6.97. The summed E-state index contributed by atoms with van der Waals surface area (Å²) < 4.78 is 9.98. The predicted molar refractivity (Wildman–Crippen MR) is 71.7 cm³/mol. The van der Waals surface area contributed by atoms with Gasteiger partial charge in [0.15, 0.2) is 0 Å². The zero-order chi connectivity index (χ0) is 14.4. The average Bonchev–Trinajstić information content (AvgIpc) is 2.82. The molecule has 0 aromatic rings. The standard InChI is InChI=1S/C14H25NO4/c1-10(2)9-19-13(16)11(3)8-12-6-5-7-15(12)14(17)18-4/h10-12H,5-9H2,1-4H3. The Hall–Kier alpha value is -1.26. The number of likely N-dealkylation sites (tertiary alicyclic amines) is 1. The summed E-state index contributed by atoms with van der Waals surface area (Å²) in [5, 5.41) is 0. The van der Waals surface area contributed by atoms with Gasteiger partial charge in [-0.05, 0) is 25.2 Å². The molecule has 1 aliphatic heterocycles. The van der Waals surface area contributed by atoms with Crippen LogP contribution in [0, 0.1) is 11.8 Å². The first kappa shape index (κ1) is 15.8. The SMILES string of the molecule is COC(=O)N1CCCC1CC(C)C(=O)OCC(C)C. The van der Waals surface area contributed by atoms with Crippen LogP contribution in [0.1, 0.15) is 40.0 Å². The van der Waals surface area contributed by atoms with Crippen molar-refractivity contribution in [1.29, 1.82) is 0 Å². The normalized spacial score (nSPS) is 20.5. The molecule has 0 radical (unpaired) electrons. The summed E-state index contributed by atoms with van der Waals surface area (Å²) in [6, 6.07) is 0.0917. The summed E-state index contributed by atoms with van der Waals surface area (Å²) in [5.41, 5.74) is 0. The number of carbonyl (C=O) groups excluding carboxylic acids is 2. The molecular formula is C14H25NO4. The van der Waals surface area contributed by atoms with Crippen LogP contribution in [0.5, 0.6) is 0 Å². The molecule has 19 heavy (non-hydrogen) atoms. The van der Waals surface area contributed by atoms with Crippen LogP contribution in [0.15, 0.2) is 0 Å². The first-order valence-corrected chi connectivity index (χ1v) is 6.97. The van der Waals surface area contributed by atoms with Crippen molar-refractivity contribution in [2.24, 2.45) is 11.8 Å². The van der Waals surface area contributed by atoms with Crippen LogP contribution >= 0.6 is 0 Å². The van der Waals surface area contributed by atoms with E-state index < -0.39 is 0 Å². The third kappa shape index (κ3) is 4.73. The highest BCUT2D eigenvalue weighted by molar-refractivity contribution is 5.72. The quantitative estimate of drug-likeness (QED) is 0.721. The van der Waals surface area contributed by atoms with Gasteiger partial charge in [-0.2, -0.15) is 0 Å². The van der Waals surface area contributed by atoms with Gasteiger partial charge in [-0.1, -0.05) is 20.8 Å². The Bertz CT molecular complexity index is 317. The van der Waals surface area contributed by atoms with Crippen molar-refractivity contribution < 1.29 is 19.1 Å². The molecule has 0 saturated carbocycles. The molecule has 1 heterocycles. The zero-order valence-electron chi connectivity index (χ0n) is 12.3. The lowest BCUT2D eigenvalue weighted by Gasteiger charge is -2.25. The fourth-order valence-corrected chi connectivity index (χ4v) is 2.33. The Kier molecular flexibility index (Phi) is 6.12. The Morgan fingerprint density at radius 3 is 2.58 bits per heavy atom. The van der Waals surface area contributed by atoms with Crippen molar-refractivity contribution in [2.45, 2.75) is 46.1 Å². The maximum Gasteiger partial charge on any atom is 0.409 e. The maximum absolute atomic E-state index is 11.8. The number of esters is 1. The van der Waals surface area contributed by atoms with Gasteiger partial charge < -0.3 is 14.4 Å². The van der Waals surface area contributed by atoms with Crippen molar-refractivity contribution in [1.82, 2.24) is 4.90 Å². The minimum absolute atomic E-state index is 0.0917. The molecule has 5 heteroatoms.